The van der Waals surface area contributed by atoms with Crippen LogP contribution >= 0.6 is 0 Å². The number of hydrogen-bond donors (Lipinski definition) is 3. The normalized spacial score (nSPS) is 19.1. The summed E-state index contributed by atoms with van der Waals surface area (Å²) in [7, 11) is 0. The Labute approximate surface area is 98.8 Å². The van der Waals surface area contributed by atoms with Gasteiger partial charge in [0.1, 0.15) is 6.04 Å². The number of imidazole rings is 1. The van der Waals surface area contributed by atoms with Crippen molar-refractivity contribution in [3.63, 3.8) is 0 Å². The van der Waals surface area contributed by atoms with E-state index in [4.69, 9.17) is 9.84 Å². The van der Waals surface area contributed by atoms with Gasteiger partial charge in [0, 0.05) is 31.4 Å². The zero-order valence-electron chi connectivity index (χ0n) is 9.43. The van der Waals surface area contributed by atoms with Gasteiger partial charge in [-0.1, -0.05) is 0 Å². The summed E-state index contributed by atoms with van der Waals surface area (Å²) in [6, 6.07) is -0.645. The van der Waals surface area contributed by atoms with Crippen LogP contribution < -0.4 is 5.43 Å². The molecule has 0 bridgehead atoms. The Morgan fingerprint density at radius 3 is 3.00 bits per heavy atom. The van der Waals surface area contributed by atoms with Crippen molar-refractivity contribution in [3.8, 4) is 0 Å². The molecule has 7 heteroatoms. The number of carbonyl (C=O) groups is 1. The summed E-state index contributed by atoms with van der Waals surface area (Å²) in [5.74, 6) is -0.869. The first-order valence-electron chi connectivity index (χ1n) is 5.54. The maximum Gasteiger partial charge on any atom is 0.322 e. The molecule has 0 saturated carbocycles. The maximum absolute atomic E-state index is 11.1. The molecular formula is C10H16N4O3. The third kappa shape index (κ3) is 3.52. The van der Waals surface area contributed by atoms with Gasteiger partial charge in [0.2, 0.25) is 0 Å². The van der Waals surface area contributed by atoms with E-state index in [0.717, 1.165) is 5.69 Å². The third-order valence-electron chi connectivity index (χ3n) is 2.63. The fourth-order valence-corrected chi connectivity index (χ4v) is 1.72. The van der Waals surface area contributed by atoms with Crippen molar-refractivity contribution in [2.75, 3.05) is 26.3 Å². The Morgan fingerprint density at radius 2 is 2.41 bits per heavy atom. The second-order valence-electron chi connectivity index (χ2n) is 3.90. The van der Waals surface area contributed by atoms with E-state index in [1.807, 2.05) is 5.01 Å². The van der Waals surface area contributed by atoms with E-state index < -0.39 is 12.0 Å². The van der Waals surface area contributed by atoms with E-state index in [-0.39, 0.29) is 0 Å². The van der Waals surface area contributed by atoms with E-state index >= 15 is 0 Å². The summed E-state index contributed by atoms with van der Waals surface area (Å²) in [4.78, 5) is 17.9. The highest BCUT2D eigenvalue weighted by Crippen LogP contribution is 2.01. The van der Waals surface area contributed by atoms with Crippen LogP contribution in [-0.4, -0.2) is 58.4 Å². The van der Waals surface area contributed by atoms with Gasteiger partial charge in [0.25, 0.3) is 0 Å². The number of nitrogens with zero attached hydrogens (tertiary/aromatic N) is 2. The van der Waals surface area contributed by atoms with E-state index in [0.29, 0.717) is 32.7 Å². The largest absolute Gasteiger partial charge is 0.480 e. The zero-order valence-corrected chi connectivity index (χ0v) is 9.43. The van der Waals surface area contributed by atoms with Crippen molar-refractivity contribution in [2.24, 2.45) is 0 Å². The molecule has 94 valence electrons. The van der Waals surface area contributed by atoms with Crippen molar-refractivity contribution in [2.45, 2.75) is 12.5 Å². The second kappa shape index (κ2) is 5.76. The lowest BCUT2D eigenvalue weighted by Gasteiger charge is -2.29. The van der Waals surface area contributed by atoms with Crippen LogP contribution in [-0.2, 0) is 16.0 Å². The summed E-state index contributed by atoms with van der Waals surface area (Å²) < 4.78 is 5.20. The number of aromatic nitrogens is 2. The maximum atomic E-state index is 11.1. The van der Waals surface area contributed by atoms with E-state index in [1.165, 1.54) is 0 Å². The van der Waals surface area contributed by atoms with Crippen LogP contribution in [0.25, 0.3) is 0 Å². The number of H-pyrrole nitrogens is 1. The Hall–Kier alpha value is -1.44. The number of carboxylic acids is 1. The average Bonchev–Trinajstić information content (AvgIpc) is 2.82. The minimum absolute atomic E-state index is 0.382. The van der Waals surface area contributed by atoms with Gasteiger partial charge in [-0.25, -0.2) is 15.4 Å². The van der Waals surface area contributed by atoms with Gasteiger partial charge in [0.15, 0.2) is 0 Å². The van der Waals surface area contributed by atoms with Crippen LogP contribution in [0.15, 0.2) is 12.5 Å². The zero-order chi connectivity index (χ0) is 12.1. The number of hydrogen-bond acceptors (Lipinski definition) is 5. The minimum Gasteiger partial charge on any atom is -0.480 e. The molecule has 0 aromatic carbocycles. The quantitative estimate of drug-likeness (QED) is 0.627. The van der Waals surface area contributed by atoms with Crippen molar-refractivity contribution >= 4 is 5.97 Å². The molecule has 0 unspecified atom stereocenters. The molecule has 0 amide bonds. The number of ether oxygens (including phenoxy) is 1. The number of rotatable bonds is 5. The summed E-state index contributed by atoms with van der Waals surface area (Å²) in [6.45, 7) is 2.66. The van der Waals surface area contributed by atoms with Gasteiger partial charge in [-0.05, 0) is 0 Å². The van der Waals surface area contributed by atoms with Crippen LogP contribution in [0.2, 0.25) is 0 Å². The number of hydrazine groups is 1. The van der Waals surface area contributed by atoms with Gasteiger partial charge in [-0.3, -0.25) is 4.79 Å². The molecule has 0 spiro atoms. The Morgan fingerprint density at radius 1 is 1.65 bits per heavy atom. The molecule has 1 aliphatic rings. The molecule has 2 heterocycles. The van der Waals surface area contributed by atoms with Crippen LogP contribution in [0.3, 0.4) is 0 Å². The van der Waals surface area contributed by atoms with Gasteiger partial charge in [-0.2, -0.15) is 0 Å². The predicted molar refractivity (Wildman–Crippen MR) is 59.2 cm³/mol. The molecule has 1 saturated heterocycles. The van der Waals surface area contributed by atoms with E-state index in [1.54, 1.807) is 12.5 Å². The van der Waals surface area contributed by atoms with Crippen LogP contribution in [0.1, 0.15) is 5.69 Å². The molecule has 1 atom stereocenters. The highest BCUT2D eigenvalue weighted by molar-refractivity contribution is 5.73. The average molecular weight is 240 g/mol. The highest BCUT2D eigenvalue weighted by Gasteiger charge is 2.22. The highest BCUT2D eigenvalue weighted by atomic mass is 16.5. The first kappa shape index (κ1) is 12.0. The van der Waals surface area contributed by atoms with Gasteiger partial charge < -0.3 is 14.8 Å². The number of nitrogens with one attached hydrogen (secondary N) is 2. The first-order valence-corrected chi connectivity index (χ1v) is 5.54. The molecule has 2 rings (SSSR count). The fraction of sp³-hybridized carbons (Fsp3) is 0.600. The van der Waals surface area contributed by atoms with Gasteiger partial charge >= 0.3 is 5.97 Å². The molecule has 1 fully saturated rings. The topological polar surface area (TPSA) is 90.5 Å². The Bertz CT molecular complexity index is 348. The molecule has 7 nitrogen and oxygen atoms in total. The summed E-state index contributed by atoms with van der Waals surface area (Å²) in [5.41, 5.74) is 3.80. The second-order valence-corrected chi connectivity index (χ2v) is 3.90. The Kier molecular flexibility index (Phi) is 4.08. The minimum atomic E-state index is -0.869. The first-order chi connectivity index (χ1) is 8.25. The van der Waals surface area contributed by atoms with Crippen molar-refractivity contribution in [3.05, 3.63) is 18.2 Å². The molecule has 1 aliphatic heterocycles. The SMILES string of the molecule is O=C(O)[C@H](Cc1cnc[nH]1)NN1CCOCC1. The monoisotopic (exact) mass is 240 g/mol. The lowest BCUT2D eigenvalue weighted by Crippen LogP contribution is -2.53. The molecule has 0 radical (unpaired) electrons. The van der Waals surface area contributed by atoms with Gasteiger partial charge in [-0.15, -0.1) is 0 Å². The van der Waals surface area contributed by atoms with E-state index in [9.17, 15) is 4.79 Å². The van der Waals surface area contributed by atoms with Crippen LogP contribution in [0.5, 0.6) is 0 Å². The van der Waals surface area contributed by atoms with Crippen molar-refractivity contribution < 1.29 is 14.6 Å². The van der Waals surface area contributed by atoms with E-state index in [2.05, 4.69) is 15.4 Å². The van der Waals surface area contributed by atoms with Crippen LogP contribution in [0, 0.1) is 0 Å². The van der Waals surface area contributed by atoms with Crippen LogP contribution in [0.4, 0.5) is 0 Å². The lowest BCUT2D eigenvalue weighted by molar-refractivity contribution is -0.141. The molecule has 0 aliphatic carbocycles. The van der Waals surface area contributed by atoms with Gasteiger partial charge in [0.05, 0.1) is 19.5 Å². The summed E-state index contributed by atoms with van der Waals surface area (Å²) in [6.07, 6.45) is 3.56. The van der Waals surface area contributed by atoms with Crippen molar-refractivity contribution in [1.29, 1.82) is 0 Å². The predicted octanol–water partition coefficient (Wildman–Crippen LogP) is -0.758. The number of carboxylic acid groups (broad SMARTS) is 1. The molecule has 17 heavy (non-hydrogen) atoms. The lowest BCUT2D eigenvalue weighted by atomic mass is 10.2. The standard InChI is InChI=1S/C10H16N4O3/c15-10(16)9(5-8-6-11-7-12-8)13-14-1-3-17-4-2-14/h6-7,9,13H,1-5H2,(H,11,12)(H,15,16)/t9-/m0/s1. The summed E-state index contributed by atoms with van der Waals surface area (Å²) >= 11 is 0. The molecular weight excluding hydrogens is 224 g/mol. The number of aliphatic carboxylic acids is 1. The third-order valence-corrected chi connectivity index (χ3v) is 2.63. The summed E-state index contributed by atoms with van der Waals surface area (Å²) in [5, 5.41) is 11.0. The number of morpholine rings is 1. The Balaban J connectivity index is 1.90. The number of aromatic amines is 1. The fourth-order valence-electron chi connectivity index (χ4n) is 1.72. The smallest absolute Gasteiger partial charge is 0.322 e. The molecule has 3 N–H and O–H groups in total. The van der Waals surface area contributed by atoms with Crippen molar-refractivity contribution in [1.82, 2.24) is 20.4 Å². The molecule has 1 aromatic rings. The molecule has 1 aromatic heterocycles.